The first-order valence-corrected chi connectivity index (χ1v) is 6.12. The quantitative estimate of drug-likeness (QED) is 0.868. The summed E-state index contributed by atoms with van der Waals surface area (Å²) in [5.74, 6) is -0.705. The number of halogens is 1. The number of nitrogens with zero attached hydrogens (tertiary/aromatic N) is 1. The van der Waals surface area contributed by atoms with Gasteiger partial charge in [-0.2, -0.15) is 0 Å². The molecule has 1 atom stereocenters. The predicted octanol–water partition coefficient (Wildman–Crippen LogP) is 2.13. The highest BCUT2D eigenvalue weighted by Crippen LogP contribution is 2.33. The fraction of sp³-hybridized carbons (Fsp3) is 0.231. The molecule has 1 aromatic carbocycles. The topological polar surface area (TPSA) is 68.5 Å². The Balaban J connectivity index is 2.51. The summed E-state index contributed by atoms with van der Waals surface area (Å²) in [6.07, 6.45) is 1.26. The third-order valence-corrected chi connectivity index (χ3v) is 3.46. The highest BCUT2D eigenvalue weighted by Gasteiger charge is 2.24. The van der Waals surface area contributed by atoms with E-state index in [1.54, 1.807) is 16.7 Å². The molecule has 0 saturated carbocycles. The van der Waals surface area contributed by atoms with E-state index in [0.717, 1.165) is 0 Å². The molecule has 1 aliphatic rings. The van der Waals surface area contributed by atoms with E-state index in [2.05, 4.69) is 0 Å². The minimum Gasteiger partial charge on any atom is -0.487 e. The van der Waals surface area contributed by atoms with Crippen LogP contribution in [0.1, 0.15) is 17.3 Å². The Bertz CT molecular complexity index is 765. The molecule has 3 rings (SSSR count). The number of rotatable bonds is 1. The van der Waals surface area contributed by atoms with Gasteiger partial charge >= 0.3 is 5.97 Å². The summed E-state index contributed by atoms with van der Waals surface area (Å²) in [4.78, 5) is 23.3. The maximum atomic E-state index is 12.2. The normalized spacial score (nSPS) is 17.3. The van der Waals surface area contributed by atoms with Gasteiger partial charge in [-0.1, -0.05) is 11.6 Å². The third-order valence-electron chi connectivity index (χ3n) is 3.15. The van der Waals surface area contributed by atoms with Gasteiger partial charge in [0.2, 0.25) is 5.43 Å². The molecule has 2 heterocycles. The van der Waals surface area contributed by atoms with Gasteiger partial charge in [0.15, 0.2) is 0 Å². The molecular formula is C13H10ClNO4. The van der Waals surface area contributed by atoms with Crippen molar-refractivity contribution in [1.29, 1.82) is 0 Å². The van der Waals surface area contributed by atoms with Crippen LogP contribution in [0.3, 0.4) is 0 Å². The van der Waals surface area contributed by atoms with E-state index in [-0.39, 0.29) is 22.1 Å². The van der Waals surface area contributed by atoms with Crippen molar-refractivity contribution >= 4 is 28.5 Å². The average molecular weight is 280 g/mol. The highest BCUT2D eigenvalue weighted by molar-refractivity contribution is 6.35. The maximum Gasteiger partial charge on any atom is 0.341 e. The molecule has 1 unspecified atom stereocenters. The minimum atomic E-state index is -1.25. The monoisotopic (exact) mass is 279 g/mol. The highest BCUT2D eigenvalue weighted by atomic mass is 35.5. The standard InChI is InChI=1S/C13H10ClNO4/c1-6-4-15-5-7(13(17)18)12(16)10-8(14)2-3-9(19-6)11(10)15/h2-3,5-6H,4H2,1H3,(H,17,18). The number of carboxylic acids is 1. The average Bonchev–Trinajstić information content (AvgIpc) is 2.34. The summed E-state index contributed by atoms with van der Waals surface area (Å²) < 4.78 is 7.37. The van der Waals surface area contributed by atoms with Crippen molar-refractivity contribution in [3.05, 3.63) is 39.1 Å². The Labute approximate surface area is 113 Å². The summed E-state index contributed by atoms with van der Waals surface area (Å²) in [5, 5.41) is 9.54. The maximum absolute atomic E-state index is 12.2. The molecule has 1 N–H and O–H groups in total. The van der Waals surface area contributed by atoms with Crippen molar-refractivity contribution in [1.82, 2.24) is 4.57 Å². The van der Waals surface area contributed by atoms with Crippen molar-refractivity contribution < 1.29 is 14.6 Å². The van der Waals surface area contributed by atoms with Crippen LogP contribution in [0.2, 0.25) is 5.02 Å². The van der Waals surface area contributed by atoms with Crippen LogP contribution in [0.25, 0.3) is 10.9 Å². The summed E-state index contributed by atoms with van der Waals surface area (Å²) in [7, 11) is 0. The number of carboxylic acid groups (broad SMARTS) is 1. The lowest BCUT2D eigenvalue weighted by Gasteiger charge is -2.26. The summed E-state index contributed by atoms with van der Waals surface area (Å²) in [5.41, 5.74) is -0.301. The second-order valence-corrected chi connectivity index (χ2v) is 4.93. The molecule has 6 heteroatoms. The molecule has 5 nitrogen and oxygen atoms in total. The SMILES string of the molecule is CC1Cn2cc(C(=O)O)c(=O)c3c(Cl)ccc(c32)O1. The molecular weight excluding hydrogens is 270 g/mol. The lowest BCUT2D eigenvalue weighted by Crippen LogP contribution is -2.28. The lowest BCUT2D eigenvalue weighted by atomic mass is 10.1. The number of hydrogen-bond acceptors (Lipinski definition) is 3. The van der Waals surface area contributed by atoms with Crippen LogP contribution in [0.5, 0.6) is 5.75 Å². The van der Waals surface area contributed by atoms with E-state index < -0.39 is 11.4 Å². The van der Waals surface area contributed by atoms with Crippen LogP contribution in [-0.2, 0) is 6.54 Å². The van der Waals surface area contributed by atoms with Gasteiger partial charge < -0.3 is 14.4 Å². The third kappa shape index (κ3) is 1.69. The molecule has 0 radical (unpaired) electrons. The number of hydrogen-bond donors (Lipinski definition) is 1. The van der Waals surface area contributed by atoms with Crippen LogP contribution >= 0.6 is 11.6 Å². The van der Waals surface area contributed by atoms with Crippen LogP contribution in [-0.4, -0.2) is 21.7 Å². The molecule has 0 saturated heterocycles. The number of pyridine rings is 1. The van der Waals surface area contributed by atoms with Gasteiger partial charge in [-0.25, -0.2) is 4.79 Å². The van der Waals surface area contributed by atoms with E-state index >= 15 is 0 Å². The minimum absolute atomic E-state index is 0.0963. The molecule has 2 aromatic rings. The van der Waals surface area contributed by atoms with Gasteiger partial charge in [-0.05, 0) is 19.1 Å². The molecule has 1 aromatic heterocycles. The second kappa shape index (κ2) is 3.99. The van der Waals surface area contributed by atoms with Crippen LogP contribution in [0, 0.1) is 0 Å². The first-order chi connectivity index (χ1) is 8.99. The number of ether oxygens (including phenoxy) is 1. The van der Waals surface area contributed by atoms with Gasteiger partial charge in [0, 0.05) is 6.20 Å². The van der Waals surface area contributed by atoms with Crippen LogP contribution in [0.4, 0.5) is 0 Å². The van der Waals surface area contributed by atoms with Crippen LogP contribution < -0.4 is 10.2 Å². The first kappa shape index (κ1) is 12.0. The molecule has 19 heavy (non-hydrogen) atoms. The zero-order valence-electron chi connectivity index (χ0n) is 10.0. The van der Waals surface area contributed by atoms with Gasteiger partial charge in [-0.15, -0.1) is 0 Å². The number of aromatic carboxylic acids is 1. The van der Waals surface area contributed by atoms with Gasteiger partial charge in [-0.3, -0.25) is 4.79 Å². The first-order valence-electron chi connectivity index (χ1n) is 5.74. The fourth-order valence-electron chi connectivity index (χ4n) is 2.38. The van der Waals surface area contributed by atoms with Crippen molar-refractivity contribution in [2.75, 3.05) is 0 Å². The fourth-order valence-corrected chi connectivity index (χ4v) is 2.62. The van der Waals surface area contributed by atoms with Gasteiger partial charge in [0.25, 0.3) is 0 Å². The van der Waals surface area contributed by atoms with Gasteiger partial charge in [0.1, 0.15) is 17.4 Å². The zero-order chi connectivity index (χ0) is 13.7. The molecule has 0 spiro atoms. The van der Waals surface area contributed by atoms with E-state index in [1.807, 2.05) is 6.92 Å². The summed E-state index contributed by atoms with van der Waals surface area (Å²) in [6, 6.07) is 3.24. The Morgan fingerprint density at radius 1 is 1.53 bits per heavy atom. The van der Waals surface area contributed by atoms with Crippen molar-refractivity contribution in [2.24, 2.45) is 0 Å². The smallest absolute Gasteiger partial charge is 0.341 e. The molecule has 98 valence electrons. The molecule has 0 fully saturated rings. The molecule has 0 aliphatic carbocycles. The number of carbonyl (C=O) groups is 1. The summed E-state index contributed by atoms with van der Waals surface area (Å²) >= 11 is 6.04. The van der Waals surface area contributed by atoms with Crippen molar-refractivity contribution in [3.63, 3.8) is 0 Å². The molecule has 0 amide bonds. The Kier molecular flexibility index (Phi) is 2.53. The van der Waals surface area contributed by atoms with Crippen molar-refractivity contribution in [3.8, 4) is 5.75 Å². The number of benzene rings is 1. The van der Waals surface area contributed by atoms with E-state index in [0.29, 0.717) is 17.8 Å². The second-order valence-electron chi connectivity index (χ2n) is 4.53. The van der Waals surface area contributed by atoms with Crippen molar-refractivity contribution in [2.45, 2.75) is 19.6 Å². The predicted molar refractivity (Wildman–Crippen MR) is 70.3 cm³/mol. The molecule has 0 bridgehead atoms. The van der Waals surface area contributed by atoms with E-state index in [9.17, 15) is 9.59 Å². The Hall–Kier alpha value is -2.01. The molecule has 1 aliphatic heterocycles. The lowest BCUT2D eigenvalue weighted by molar-refractivity contribution is 0.0694. The Morgan fingerprint density at radius 3 is 2.95 bits per heavy atom. The van der Waals surface area contributed by atoms with Gasteiger partial charge in [0.05, 0.1) is 22.5 Å². The largest absolute Gasteiger partial charge is 0.487 e. The Morgan fingerprint density at radius 2 is 2.26 bits per heavy atom. The zero-order valence-corrected chi connectivity index (χ0v) is 10.8. The van der Waals surface area contributed by atoms with E-state index in [4.69, 9.17) is 21.4 Å². The summed E-state index contributed by atoms with van der Waals surface area (Å²) in [6.45, 7) is 2.35. The van der Waals surface area contributed by atoms with Crippen LogP contribution in [0.15, 0.2) is 23.1 Å². The number of aromatic nitrogens is 1. The van der Waals surface area contributed by atoms with E-state index in [1.165, 1.54) is 6.20 Å².